The topological polar surface area (TPSA) is 49.4 Å². The van der Waals surface area contributed by atoms with Crippen molar-refractivity contribution in [2.24, 2.45) is 5.41 Å². The minimum absolute atomic E-state index is 0.0212. The molecule has 0 aliphatic heterocycles. The van der Waals surface area contributed by atoms with E-state index in [1.54, 1.807) is 0 Å². The summed E-state index contributed by atoms with van der Waals surface area (Å²) in [5, 5.41) is 11.0. The van der Waals surface area contributed by atoms with Gasteiger partial charge < -0.3 is 14.6 Å². The Morgan fingerprint density at radius 3 is 2.42 bits per heavy atom. The standard InChI is InChI=1S/C22H29FO3/c1-8-26-18-12-17-15(11-14(18)13(2)19(23)20(24)25)16(21(3,4)5)9-10-22(17,6)7/h9,11-12H,8,10H2,1-7H3,(H,24,25)/p-1/b19-13+. The number of hydrogen-bond donors (Lipinski definition) is 0. The number of ether oxygens (including phenoxy) is 1. The first-order valence-corrected chi connectivity index (χ1v) is 9.00. The van der Waals surface area contributed by atoms with Gasteiger partial charge in [0.05, 0.1) is 6.61 Å². The van der Waals surface area contributed by atoms with Crippen molar-refractivity contribution in [2.45, 2.75) is 60.3 Å². The number of hydrogen-bond acceptors (Lipinski definition) is 3. The molecule has 0 unspecified atom stereocenters. The molecule has 0 spiro atoms. The maximum Gasteiger partial charge on any atom is 0.149 e. The van der Waals surface area contributed by atoms with Crippen LogP contribution in [0, 0.1) is 5.41 Å². The Hall–Kier alpha value is -2.10. The van der Waals surface area contributed by atoms with Crippen LogP contribution in [0.4, 0.5) is 4.39 Å². The van der Waals surface area contributed by atoms with E-state index in [9.17, 15) is 14.3 Å². The molecule has 0 radical (unpaired) electrons. The summed E-state index contributed by atoms with van der Waals surface area (Å²) in [4.78, 5) is 11.0. The molecular weight excluding hydrogens is 331 g/mol. The number of carbonyl (C=O) groups is 1. The quantitative estimate of drug-likeness (QED) is 0.736. The highest BCUT2D eigenvalue weighted by Gasteiger charge is 2.33. The average molecular weight is 359 g/mol. The fourth-order valence-corrected chi connectivity index (χ4v) is 3.49. The van der Waals surface area contributed by atoms with Gasteiger partial charge in [0.15, 0.2) is 0 Å². The first kappa shape index (κ1) is 20.2. The Kier molecular flexibility index (Phi) is 5.36. The number of fused-ring (bicyclic) bond motifs is 1. The number of rotatable bonds is 4. The van der Waals surface area contributed by atoms with Gasteiger partial charge >= 0.3 is 0 Å². The fraction of sp³-hybridized carbons (Fsp3) is 0.500. The predicted molar refractivity (Wildman–Crippen MR) is 101 cm³/mol. The van der Waals surface area contributed by atoms with Crippen LogP contribution in [0.25, 0.3) is 11.1 Å². The Morgan fingerprint density at radius 2 is 1.92 bits per heavy atom. The van der Waals surface area contributed by atoms with Crippen LogP contribution in [0.5, 0.6) is 5.75 Å². The fourth-order valence-electron chi connectivity index (χ4n) is 3.49. The lowest BCUT2D eigenvalue weighted by Crippen LogP contribution is -2.26. The molecule has 0 N–H and O–H groups in total. The molecule has 26 heavy (non-hydrogen) atoms. The third kappa shape index (κ3) is 3.69. The first-order chi connectivity index (χ1) is 11.9. The van der Waals surface area contributed by atoms with Crippen molar-refractivity contribution in [3.8, 4) is 5.75 Å². The van der Waals surface area contributed by atoms with Gasteiger partial charge in [-0.05, 0) is 65.5 Å². The van der Waals surface area contributed by atoms with E-state index in [2.05, 4.69) is 40.7 Å². The molecule has 0 atom stereocenters. The van der Waals surface area contributed by atoms with Crippen molar-refractivity contribution < 1.29 is 19.0 Å². The van der Waals surface area contributed by atoms with E-state index in [4.69, 9.17) is 4.74 Å². The summed E-state index contributed by atoms with van der Waals surface area (Å²) in [7, 11) is 0. The van der Waals surface area contributed by atoms with E-state index in [-0.39, 0.29) is 16.4 Å². The second-order valence-corrected chi connectivity index (χ2v) is 8.51. The van der Waals surface area contributed by atoms with Crippen LogP contribution in [0.15, 0.2) is 24.0 Å². The molecule has 0 saturated heterocycles. The van der Waals surface area contributed by atoms with Crippen molar-refractivity contribution in [2.75, 3.05) is 6.61 Å². The minimum atomic E-state index is -1.81. The zero-order valence-corrected chi connectivity index (χ0v) is 16.7. The molecule has 0 bridgehead atoms. The van der Waals surface area contributed by atoms with Gasteiger partial charge in [0.25, 0.3) is 0 Å². The second-order valence-electron chi connectivity index (χ2n) is 8.51. The molecule has 1 aliphatic rings. The smallest absolute Gasteiger partial charge is 0.149 e. The largest absolute Gasteiger partial charge is 0.542 e. The Balaban J connectivity index is 2.83. The van der Waals surface area contributed by atoms with Gasteiger partial charge in [0, 0.05) is 5.56 Å². The van der Waals surface area contributed by atoms with E-state index in [0.717, 1.165) is 17.5 Å². The van der Waals surface area contributed by atoms with Crippen molar-refractivity contribution in [3.63, 3.8) is 0 Å². The van der Waals surface area contributed by atoms with Crippen LogP contribution in [0.1, 0.15) is 71.6 Å². The van der Waals surface area contributed by atoms with E-state index in [1.165, 1.54) is 12.5 Å². The van der Waals surface area contributed by atoms with Gasteiger partial charge in [-0.15, -0.1) is 0 Å². The number of carboxylic acids is 1. The zero-order valence-electron chi connectivity index (χ0n) is 16.7. The van der Waals surface area contributed by atoms with E-state index < -0.39 is 11.8 Å². The number of allylic oxidation sites excluding steroid dienone is 3. The first-order valence-electron chi connectivity index (χ1n) is 9.00. The average Bonchev–Trinajstić information content (AvgIpc) is 2.52. The van der Waals surface area contributed by atoms with E-state index in [0.29, 0.717) is 17.9 Å². The molecule has 1 aliphatic carbocycles. The molecule has 0 amide bonds. The summed E-state index contributed by atoms with van der Waals surface area (Å²) in [6.45, 7) is 14.5. The summed E-state index contributed by atoms with van der Waals surface area (Å²) in [5.74, 6) is -2.57. The van der Waals surface area contributed by atoms with Crippen LogP contribution in [-0.2, 0) is 10.2 Å². The molecule has 0 aromatic heterocycles. The molecule has 2 rings (SSSR count). The maximum atomic E-state index is 14.1. The highest BCUT2D eigenvalue weighted by Crippen LogP contribution is 2.48. The third-order valence-corrected chi connectivity index (χ3v) is 4.98. The Morgan fingerprint density at radius 1 is 1.31 bits per heavy atom. The lowest BCUT2D eigenvalue weighted by molar-refractivity contribution is -0.301. The molecule has 142 valence electrons. The number of carboxylic acid groups (broad SMARTS) is 1. The highest BCUT2D eigenvalue weighted by molar-refractivity contribution is 5.94. The molecule has 4 heteroatoms. The normalized spacial score (nSPS) is 17.2. The van der Waals surface area contributed by atoms with Crippen molar-refractivity contribution in [3.05, 3.63) is 40.7 Å². The Bertz CT molecular complexity index is 792. The molecular formula is C22H28FO3-. The SMILES string of the molecule is CCOc1cc2c(cc1/C(C)=C(/F)C(=O)[O-])C(C(C)(C)C)=CCC2(C)C. The lowest BCUT2D eigenvalue weighted by Gasteiger charge is -2.37. The van der Waals surface area contributed by atoms with Crippen LogP contribution >= 0.6 is 0 Å². The molecule has 0 saturated carbocycles. The Labute approximate surface area is 155 Å². The van der Waals surface area contributed by atoms with Crippen LogP contribution in [0.3, 0.4) is 0 Å². The van der Waals surface area contributed by atoms with Crippen LogP contribution < -0.4 is 9.84 Å². The number of halogens is 1. The maximum absolute atomic E-state index is 14.1. The molecule has 3 nitrogen and oxygen atoms in total. The predicted octanol–water partition coefficient (Wildman–Crippen LogP) is 4.65. The van der Waals surface area contributed by atoms with Crippen LogP contribution in [0.2, 0.25) is 0 Å². The highest BCUT2D eigenvalue weighted by atomic mass is 19.1. The lowest BCUT2D eigenvalue weighted by atomic mass is 9.67. The summed E-state index contributed by atoms with van der Waals surface area (Å²) < 4.78 is 19.8. The van der Waals surface area contributed by atoms with E-state index in [1.807, 2.05) is 19.1 Å². The summed E-state index contributed by atoms with van der Waals surface area (Å²) >= 11 is 0. The summed E-state index contributed by atoms with van der Waals surface area (Å²) in [6.07, 6.45) is 3.14. The van der Waals surface area contributed by atoms with Crippen molar-refractivity contribution in [1.29, 1.82) is 0 Å². The summed E-state index contributed by atoms with van der Waals surface area (Å²) in [5.41, 5.74) is 3.65. The number of benzene rings is 1. The van der Waals surface area contributed by atoms with Gasteiger partial charge in [-0.25, -0.2) is 4.39 Å². The van der Waals surface area contributed by atoms with Gasteiger partial charge in [-0.3, -0.25) is 0 Å². The third-order valence-electron chi connectivity index (χ3n) is 4.98. The van der Waals surface area contributed by atoms with Crippen LogP contribution in [-0.4, -0.2) is 12.6 Å². The zero-order chi connectivity index (χ0) is 19.9. The molecule has 0 fully saturated rings. The van der Waals surface area contributed by atoms with Gasteiger partial charge in [0.2, 0.25) is 0 Å². The minimum Gasteiger partial charge on any atom is -0.542 e. The molecule has 0 heterocycles. The molecule has 1 aromatic rings. The van der Waals surface area contributed by atoms with E-state index >= 15 is 0 Å². The monoisotopic (exact) mass is 359 g/mol. The van der Waals surface area contributed by atoms with Crippen molar-refractivity contribution >= 4 is 17.1 Å². The summed E-state index contributed by atoms with van der Waals surface area (Å²) in [6, 6.07) is 3.81. The number of carbonyl (C=O) groups excluding carboxylic acids is 1. The van der Waals surface area contributed by atoms with Gasteiger partial charge in [0.1, 0.15) is 17.5 Å². The van der Waals surface area contributed by atoms with Gasteiger partial charge in [-0.1, -0.05) is 40.7 Å². The second kappa shape index (κ2) is 6.90. The van der Waals surface area contributed by atoms with Crippen molar-refractivity contribution in [1.82, 2.24) is 0 Å². The number of aliphatic carboxylic acids is 1. The van der Waals surface area contributed by atoms with Gasteiger partial charge in [-0.2, -0.15) is 0 Å². The molecule has 1 aromatic carbocycles.